The van der Waals surface area contributed by atoms with Crippen molar-refractivity contribution in [3.8, 4) is 0 Å². The van der Waals surface area contributed by atoms with Crippen LogP contribution in [0, 0.1) is 5.41 Å². The molecule has 0 aromatic heterocycles. The number of hydrogen-bond donors (Lipinski definition) is 0. The summed E-state index contributed by atoms with van der Waals surface area (Å²) in [6.45, 7) is 2.87. The smallest absolute Gasteiger partial charge is 0.282 e. The van der Waals surface area contributed by atoms with E-state index in [-0.39, 0.29) is 5.41 Å². The first-order valence-electron chi connectivity index (χ1n) is 3.69. The molecular weight excluding hydrogens is 152 g/mol. The van der Waals surface area contributed by atoms with Crippen LogP contribution in [0.1, 0.15) is 13.3 Å². The molecule has 0 heterocycles. The molecule has 0 unspecified atom stereocenters. The van der Waals surface area contributed by atoms with Crippen LogP contribution in [0.25, 0.3) is 0 Å². The Labute approximate surface area is 77.5 Å². The Kier molecular flexibility index (Phi) is 6.62. The van der Waals surface area contributed by atoms with Crippen LogP contribution in [-0.2, 0) is 14.0 Å². The van der Waals surface area contributed by atoms with Crippen LogP contribution in [0.3, 0.4) is 0 Å². The van der Waals surface area contributed by atoms with Gasteiger partial charge in [0.2, 0.25) is 0 Å². The van der Waals surface area contributed by atoms with Crippen molar-refractivity contribution in [3.63, 3.8) is 0 Å². The molecular formula is C6H11B3O3. The monoisotopic (exact) mass is 164 g/mol. The van der Waals surface area contributed by atoms with Crippen molar-refractivity contribution in [2.45, 2.75) is 13.3 Å². The maximum absolute atomic E-state index is 4.96. The van der Waals surface area contributed by atoms with E-state index in [1.165, 1.54) is 0 Å². The van der Waals surface area contributed by atoms with Gasteiger partial charge in [0.1, 0.15) is 0 Å². The molecule has 0 N–H and O–H groups in total. The minimum absolute atomic E-state index is 0.303. The third-order valence-corrected chi connectivity index (χ3v) is 1.92. The summed E-state index contributed by atoms with van der Waals surface area (Å²) >= 11 is 0. The van der Waals surface area contributed by atoms with Crippen molar-refractivity contribution < 1.29 is 14.0 Å². The van der Waals surface area contributed by atoms with E-state index in [4.69, 9.17) is 24.1 Å². The van der Waals surface area contributed by atoms with Crippen molar-refractivity contribution in [1.82, 2.24) is 0 Å². The van der Waals surface area contributed by atoms with Crippen molar-refractivity contribution in [3.05, 3.63) is 0 Å². The molecule has 0 bridgehead atoms. The van der Waals surface area contributed by atoms with E-state index in [2.05, 4.69) is 14.0 Å². The summed E-state index contributed by atoms with van der Waals surface area (Å²) < 4.78 is 13.6. The molecule has 6 heteroatoms. The zero-order chi connectivity index (χ0) is 9.45. The van der Waals surface area contributed by atoms with Gasteiger partial charge in [0.25, 0.3) is 24.1 Å². The topological polar surface area (TPSA) is 27.7 Å². The molecule has 0 aliphatic rings. The lowest BCUT2D eigenvalue weighted by atomic mass is 9.87. The van der Waals surface area contributed by atoms with E-state index in [1.807, 2.05) is 6.92 Å². The molecule has 0 fully saturated rings. The molecule has 12 heavy (non-hydrogen) atoms. The van der Waals surface area contributed by atoms with Gasteiger partial charge in [0.05, 0.1) is 0 Å². The summed E-state index contributed by atoms with van der Waals surface area (Å²) in [7, 11) is 14.9. The first-order valence-corrected chi connectivity index (χ1v) is 3.69. The number of hydrogen-bond acceptors (Lipinski definition) is 3. The van der Waals surface area contributed by atoms with E-state index >= 15 is 0 Å². The van der Waals surface area contributed by atoms with Crippen LogP contribution >= 0.6 is 0 Å². The lowest BCUT2D eigenvalue weighted by Gasteiger charge is -2.31. The van der Waals surface area contributed by atoms with Crippen LogP contribution < -0.4 is 0 Å². The van der Waals surface area contributed by atoms with Gasteiger partial charge in [0.15, 0.2) is 0 Å². The molecule has 62 valence electrons. The van der Waals surface area contributed by atoms with Crippen LogP contribution in [0.5, 0.6) is 0 Å². The van der Waals surface area contributed by atoms with E-state index in [0.29, 0.717) is 19.8 Å². The van der Waals surface area contributed by atoms with Crippen molar-refractivity contribution in [1.29, 1.82) is 0 Å². The summed E-state index contributed by atoms with van der Waals surface area (Å²) in [5, 5.41) is 0. The maximum atomic E-state index is 4.96. The molecule has 0 aromatic rings. The van der Waals surface area contributed by atoms with Crippen molar-refractivity contribution in [2.75, 3.05) is 19.8 Å². The fraction of sp³-hybridized carbons (Fsp3) is 1.00. The predicted molar refractivity (Wildman–Crippen MR) is 47.8 cm³/mol. The van der Waals surface area contributed by atoms with E-state index in [0.717, 1.165) is 6.42 Å². The fourth-order valence-electron chi connectivity index (χ4n) is 0.962. The molecule has 3 nitrogen and oxygen atoms in total. The van der Waals surface area contributed by atoms with Crippen LogP contribution in [-0.4, -0.2) is 44.0 Å². The van der Waals surface area contributed by atoms with Crippen molar-refractivity contribution >= 4 is 24.1 Å². The van der Waals surface area contributed by atoms with E-state index < -0.39 is 0 Å². The Morgan fingerprint density at radius 1 is 0.917 bits per heavy atom. The molecule has 0 saturated heterocycles. The fourth-order valence-corrected chi connectivity index (χ4v) is 0.962. The zero-order valence-corrected chi connectivity index (χ0v) is 7.29. The van der Waals surface area contributed by atoms with Gasteiger partial charge >= 0.3 is 0 Å². The average molecular weight is 164 g/mol. The summed E-state index contributed by atoms with van der Waals surface area (Å²) in [6.07, 6.45) is 0.763. The standard InChI is InChI=1S/C6H11B3O3/c1-2-6(3-10-7,4-11-8)5-12-9/h2-5H2,1H3. The second kappa shape index (κ2) is 6.58. The molecule has 6 radical (unpaired) electrons. The zero-order valence-electron chi connectivity index (χ0n) is 7.29. The Hall–Kier alpha value is 0.0748. The molecule has 0 rings (SSSR count). The van der Waals surface area contributed by atoms with Crippen molar-refractivity contribution in [2.24, 2.45) is 5.41 Å². The summed E-state index contributed by atoms with van der Waals surface area (Å²) in [6, 6.07) is 0. The van der Waals surface area contributed by atoms with Gasteiger partial charge in [-0.15, -0.1) is 0 Å². The summed E-state index contributed by atoms with van der Waals surface area (Å²) in [5.41, 5.74) is -0.349. The highest BCUT2D eigenvalue weighted by Gasteiger charge is 2.27. The quantitative estimate of drug-likeness (QED) is 0.482. The third kappa shape index (κ3) is 3.65. The van der Waals surface area contributed by atoms with Crippen LogP contribution in [0.4, 0.5) is 0 Å². The molecule has 0 aromatic carbocycles. The van der Waals surface area contributed by atoms with E-state index in [1.54, 1.807) is 0 Å². The lowest BCUT2D eigenvalue weighted by molar-refractivity contribution is 0.0383. The lowest BCUT2D eigenvalue weighted by Crippen LogP contribution is -2.36. The Morgan fingerprint density at radius 2 is 1.25 bits per heavy atom. The third-order valence-electron chi connectivity index (χ3n) is 1.92. The van der Waals surface area contributed by atoms with Gasteiger partial charge in [-0.05, 0) is 6.42 Å². The van der Waals surface area contributed by atoms with Gasteiger partial charge < -0.3 is 14.0 Å². The molecule has 0 aliphatic heterocycles. The minimum atomic E-state index is -0.349. The second-order valence-electron chi connectivity index (χ2n) is 2.79. The number of rotatable bonds is 7. The first kappa shape index (κ1) is 12.1. The highest BCUT2D eigenvalue weighted by Crippen LogP contribution is 2.22. The Morgan fingerprint density at radius 3 is 1.42 bits per heavy atom. The first-order chi connectivity index (χ1) is 5.74. The summed E-state index contributed by atoms with van der Waals surface area (Å²) in [5.74, 6) is 0. The highest BCUT2D eigenvalue weighted by atomic mass is 16.4. The normalized spacial score (nSPS) is 11.8. The van der Waals surface area contributed by atoms with Gasteiger partial charge in [-0.25, -0.2) is 0 Å². The molecule has 0 aliphatic carbocycles. The second-order valence-corrected chi connectivity index (χ2v) is 2.79. The van der Waals surface area contributed by atoms with Gasteiger partial charge in [-0.1, -0.05) is 6.92 Å². The van der Waals surface area contributed by atoms with E-state index in [9.17, 15) is 0 Å². The molecule has 0 amide bonds. The Balaban J connectivity index is 4.06. The average Bonchev–Trinajstić information content (AvgIpc) is 2.06. The van der Waals surface area contributed by atoms with Gasteiger partial charge in [-0.3, -0.25) is 0 Å². The van der Waals surface area contributed by atoms with Crippen LogP contribution in [0.2, 0.25) is 0 Å². The highest BCUT2D eigenvalue weighted by molar-refractivity contribution is 5.98. The largest absolute Gasteiger partial charge is 0.447 e. The van der Waals surface area contributed by atoms with Crippen LogP contribution in [0.15, 0.2) is 0 Å². The van der Waals surface area contributed by atoms with Gasteiger partial charge in [0, 0.05) is 25.2 Å². The predicted octanol–water partition coefficient (Wildman–Crippen LogP) is -0.317. The SMILES string of the molecule is [B]OCC(CC)(CO[B])CO[B]. The maximum Gasteiger partial charge on any atom is 0.282 e. The van der Waals surface area contributed by atoms with Gasteiger partial charge in [-0.2, -0.15) is 0 Å². The summed E-state index contributed by atoms with van der Waals surface area (Å²) in [4.78, 5) is 0. The minimum Gasteiger partial charge on any atom is -0.447 e. The molecule has 0 spiro atoms. The molecule has 0 atom stereocenters. The molecule has 0 saturated carbocycles. The Bertz CT molecular complexity index is 95.2.